The number of nitrogens with one attached hydrogen (secondary N) is 1. The number of amides is 1. The first kappa shape index (κ1) is 15.4. The third-order valence-electron chi connectivity index (χ3n) is 4.12. The van der Waals surface area contributed by atoms with Crippen LogP contribution in [-0.2, 0) is 4.74 Å². The minimum atomic E-state index is -0.223. The highest BCUT2D eigenvalue weighted by Gasteiger charge is 2.23. The van der Waals surface area contributed by atoms with Crippen LogP contribution in [-0.4, -0.2) is 55.8 Å². The molecule has 1 amide bonds. The Hall–Kier alpha value is -2.50. The van der Waals surface area contributed by atoms with Crippen LogP contribution >= 0.6 is 0 Å². The van der Waals surface area contributed by atoms with Crippen molar-refractivity contribution in [2.24, 2.45) is 0 Å². The molecule has 3 rings (SSSR count). The van der Waals surface area contributed by atoms with Crippen LogP contribution in [0.15, 0.2) is 30.5 Å². The Morgan fingerprint density at radius 3 is 2.78 bits per heavy atom. The molecule has 0 unspecified atom stereocenters. The zero-order chi connectivity index (χ0) is 16.2. The molecular weight excluding hydrogens is 292 g/mol. The van der Waals surface area contributed by atoms with E-state index in [1.165, 1.54) is 0 Å². The van der Waals surface area contributed by atoms with E-state index in [9.17, 15) is 4.79 Å². The summed E-state index contributed by atoms with van der Waals surface area (Å²) in [7, 11) is 1.92. The molecule has 6 nitrogen and oxygen atoms in total. The molecule has 1 aromatic carbocycles. The van der Waals surface area contributed by atoms with Crippen LogP contribution in [0.4, 0.5) is 16.2 Å². The number of hydrogen-bond acceptors (Lipinski definition) is 5. The largest absolute Gasteiger partial charge is 0.450 e. The summed E-state index contributed by atoms with van der Waals surface area (Å²) in [5, 5.41) is 4.32. The van der Waals surface area contributed by atoms with Gasteiger partial charge < -0.3 is 19.9 Å². The first-order valence-electron chi connectivity index (χ1n) is 7.96. The van der Waals surface area contributed by atoms with Gasteiger partial charge in [0, 0.05) is 50.5 Å². The number of aromatic nitrogens is 1. The Balaban J connectivity index is 1.83. The zero-order valence-corrected chi connectivity index (χ0v) is 13.6. The van der Waals surface area contributed by atoms with Gasteiger partial charge in [-0.05, 0) is 25.1 Å². The third-order valence-corrected chi connectivity index (χ3v) is 4.12. The molecule has 1 N–H and O–H groups in total. The molecule has 0 atom stereocenters. The average Bonchev–Trinajstić information content (AvgIpc) is 2.61. The zero-order valence-electron chi connectivity index (χ0n) is 13.6. The predicted octanol–water partition coefficient (Wildman–Crippen LogP) is 2.56. The molecule has 0 radical (unpaired) electrons. The summed E-state index contributed by atoms with van der Waals surface area (Å²) in [6.45, 7) is 5.12. The highest BCUT2D eigenvalue weighted by atomic mass is 16.6. The number of ether oxygens (including phenoxy) is 1. The Morgan fingerprint density at radius 1 is 1.30 bits per heavy atom. The molecule has 23 heavy (non-hydrogen) atoms. The molecule has 2 aromatic rings. The summed E-state index contributed by atoms with van der Waals surface area (Å²) in [6, 6.07) is 8.24. The third kappa shape index (κ3) is 3.16. The maximum Gasteiger partial charge on any atom is 0.409 e. The Bertz CT molecular complexity index is 696. The van der Waals surface area contributed by atoms with E-state index in [0.29, 0.717) is 19.7 Å². The van der Waals surface area contributed by atoms with Crippen LogP contribution in [0.5, 0.6) is 0 Å². The highest BCUT2D eigenvalue weighted by molar-refractivity contribution is 5.94. The van der Waals surface area contributed by atoms with Crippen molar-refractivity contribution in [3.8, 4) is 0 Å². The summed E-state index contributed by atoms with van der Waals surface area (Å²) in [6.07, 6.45) is 1.60. The SMILES string of the molecule is CCOC(=O)N1CCN(c2cc(NC)cc3cccnc23)CC1. The number of piperazine rings is 1. The number of pyridine rings is 1. The lowest BCUT2D eigenvalue weighted by Crippen LogP contribution is -2.49. The fraction of sp³-hybridized carbons (Fsp3) is 0.412. The molecule has 2 heterocycles. The van der Waals surface area contributed by atoms with E-state index in [4.69, 9.17) is 4.74 Å². The summed E-state index contributed by atoms with van der Waals surface area (Å²) in [5.41, 5.74) is 3.17. The Labute approximate surface area is 136 Å². The number of anilines is 2. The van der Waals surface area contributed by atoms with Crippen LogP contribution in [0.3, 0.4) is 0 Å². The first-order valence-corrected chi connectivity index (χ1v) is 7.96. The minimum absolute atomic E-state index is 0.223. The second-order valence-electron chi connectivity index (χ2n) is 5.49. The van der Waals surface area contributed by atoms with Gasteiger partial charge in [-0.3, -0.25) is 4.98 Å². The van der Waals surface area contributed by atoms with Crippen LogP contribution in [0.25, 0.3) is 10.9 Å². The standard InChI is InChI=1S/C17H22N4O2/c1-3-23-17(22)21-9-7-20(8-10-21)15-12-14(18-2)11-13-5-4-6-19-16(13)15/h4-6,11-12,18H,3,7-10H2,1-2H3. The van der Waals surface area contributed by atoms with Gasteiger partial charge in [0.1, 0.15) is 0 Å². The number of nitrogens with zero attached hydrogens (tertiary/aromatic N) is 3. The fourth-order valence-corrected chi connectivity index (χ4v) is 2.90. The summed E-state index contributed by atoms with van der Waals surface area (Å²) >= 11 is 0. The molecule has 0 spiro atoms. The van der Waals surface area contributed by atoms with E-state index in [1.54, 1.807) is 4.90 Å². The predicted molar refractivity (Wildman–Crippen MR) is 92.1 cm³/mol. The number of hydrogen-bond donors (Lipinski definition) is 1. The maximum absolute atomic E-state index is 11.8. The van der Waals surface area contributed by atoms with Gasteiger partial charge in [0.15, 0.2) is 0 Å². The van der Waals surface area contributed by atoms with Gasteiger partial charge in [-0.15, -0.1) is 0 Å². The normalized spacial score (nSPS) is 14.9. The van der Waals surface area contributed by atoms with E-state index in [1.807, 2.05) is 26.2 Å². The number of fused-ring (bicyclic) bond motifs is 1. The van der Waals surface area contributed by atoms with Gasteiger partial charge in [-0.25, -0.2) is 4.79 Å². The smallest absolute Gasteiger partial charge is 0.409 e. The second kappa shape index (κ2) is 6.73. The van der Waals surface area contributed by atoms with Gasteiger partial charge in [0.25, 0.3) is 0 Å². The lowest BCUT2D eigenvalue weighted by Gasteiger charge is -2.35. The van der Waals surface area contributed by atoms with Crippen molar-refractivity contribution in [3.05, 3.63) is 30.5 Å². The van der Waals surface area contributed by atoms with E-state index < -0.39 is 0 Å². The molecule has 0 saturated carbocycles. The van der Waals surface area contributed by atoms with Crippen molar-refractivity contribution in [2.45, 2.75) is 6.92 Å². The van der Waals surface area contributed by atoms with Gasteiger partial charge in [-0.2, -0.15) is 0 Å². The first-order chi connectivity index (χ1) is 11.2. The van der Waals surface area contributed by atoms with Crippen molar-refractivity contribution >= 4 is 28.4 Å². The summed E-state index contributed by atoms with van der Waals surface area (Å²) in [5.74, 6) is 0. The fourth-order valence-electron chi connectivity index (χ4n) is 2.90. The molecule has 1 fully saturated rings. The van der Waals surface area contributed by atoms with E-state index in [2.05, 4.69) is 33.4 Å². The van der Waals surface area contributed by atoms with E-state index in [-0.39, 0.29) is 6.09 Å². The molecular formula is C17H22N4O2. The molecule has 1 saturated heterocycles. The lowest BCUT2D eigenvalue weighted by molar-refractivity contribution is 0.105. The highest BCUT2D eigenvalue weighted by Crippen LogP contribution is 2.30. The van der Waals surface area contributed by atoms with Crippen molar-refractivity contribution in [1.29, 1.82) is 0 Å². The topological polar surface area (TPSA) is 57.7 Å². The van der Waals surface area contributed by atoms with Gasteiger partial charge in [0.2, 0.25) is 0 Å². The Morgan fingerprint density at radius 2 is 2.09 bits per heavy atom. The number of benzene rings is 1. The summed E-state index contributed by atoms with van der Waals surface area (Å²) in [4.78, 5) is 20.4. The van der Waals surface area contributed by atoms with Gasteiger partial charge in [-0.1, -0.05) is 6.07 Å². The average molecular weight is 314 g/mol. The lowest BCUT2D eigenvalue weighted by atomic mass is 10.1. The molecule has 0 aliphatic carbocycles. The van der Waals surface area contributed by atoms with E-state index in [0.717, 1.165) is 35.4 Å². The molecule has 0 bridgehead atoms. The van der Waals surface area contributed by atoms with Crippen LogP contribution in [0, 0.1) is 0 Å². The number of carbonyl (C=O) groups excluding carboxylic acids is 1. The summed E-state index contributed by atoms with van der Waals surface area (Å²) < 4.78 is 5.08. The van der Waals surface area contributed by atoms with Crippen LogP contribution in [0.1, 0.15) is 6.92 Å². The van der Waals surface area contributed by atoms with Gasteiger partial charge >= 0.3 is 6.09 Å². The van der Waals surface area contributed by atoms with Crippen molar-refractivity contribution < 1.29 is 9.53 Å². The second-order valence-corrected chi connectivity index (χ2v) is 5.49. The molecule has 1 aliphatic heterocycles. The quantitative estimate of drug-likeness (QED) is 0.943. The van der Waals surface area contributed by atoms with Crippen molar-refractivity contribution in [3.63, 3.8) is 0 Å². The van der Waals surface area contributed by atoms with Crippen LogP contribution < -0.4 is 10.2 Å². The van der Waals surface area contributed by atoms with Gasteiger partial charge in [0.05, 0.1) is 17.8 Å². The van der Waals surface area contributed by atoms with E-state index >= 15 is 0 Å². The molecule has 122 valence electrons. The molecule has 6 heteroatoms. The monoisotopic (exact) mass is 314 g/mol. The minimum Gasteiger partial charge on any atom is -0.450 e. The molecule has 1 aromatic heterocycles. The maximum atomic E-state index is 11.8. The number of carbonyl (C=O) groups is 1. The number of rotatable bonds is 3. The van der Waals surface area contributed by atoms with Crippen LogP contribution in [0.2, 0.25) is 0 Å². The molecule has 1 aliphatic rings. The van der Waals surface area contributed by atoms with Crippen molar-refractivity contribution in [1.82, 2.24) is 9.88 Å². The Kier molecular flexibility index (Phi) is 4.50. The van der Waals surface area contributed by atoms with Crippen molar-refractivity contribution in [2.75, 3.05) is 50.1 Å².